The summed E-state index contributed by atoms with van der Waals surface area (Å²) in [6.45, 7) is 2.72. The van der Waals surface area contributed by atoms with E-state index in [0.717, 1.165) is 0 Å². The number of pyridine rings is 1. The number of esters is 1. The third-order valence-corrected chi connectivity index (χ3v) is 2.57. The lowest BCUT2D eigenvalue weighted by Crippen LogP contribution is -2.10. The van der Waals surface area contributed by atoms with Gasteiger partial charge in [0.1, 0.15) is 0 Å². The van der Waals surface area contributed by atoms with Crippen LogP contribution in [0.5, 0.6) is 5.88 Å². The summed E-state index contributed by atoms with van der Waals surface area (Å²) in [7, 11) is 0. The van der Waals surface area contributed by atoms with Crippen LogP contribution in [0.1, 0.15) is 30.1 Å². The molecule has 0 radical (unpaired) electrons. The number of nitrogens with zero attached hydrogens (tertiary/aromatic N) is 1. The Labute approximate surface area is 99.9 Å². The predicted molar refractivity (Wildman–Crippen MR) is 62.8 cm³/mol. The zero-order chi connectivity index (χ0) is 12.3. The van der Waals surface area contributed by atoms with Crippen molar-refractivity contribution in [1.29, 1.82) is 0 Å². The maximum atomic E-state index is 11.6. The average Bonchev–Trinajstić information content (AvgIpc) is 3.12. The molecule has 5 nitrogen and oxygen atoms in total. The van der Waals surface area contributed by atoms with E-state index in [1.54, 1.807) is 6.92 Å². The summed E-state index contributed by atoms with van der Waals surface area (Å²) < 4.78 is 10.4. The van der Waals surface area contributed by atoms with Crippen molar-refractivity contribution in [3.05, 3.63) is 17.8 Å². The number of nitrogens with two attached hydrogens (primary N) is 1. The molecule has 0 spiro atoms. The van der Waals surface area contributed by atoms with Crippen LogP contribution in [-0.2, 0) is 4.74 Å². The third-order valence-electron chi connectivity index (χ3n) is 2.57. The van der Waals surface area contributed by atoms with Crippen LogP contribution in [0.4, 0.5) is 5.69 Å². The molecule has 5 heteroatoms. The zero-order valence-corrected chi connectivity index (χ0v) is 9.81. The van der Waals surface area contributed by atoms with E-state index in [0.29, 0.717) is 36.3 Å². The van der Waals surface area contributed by atoms with Crippen molar-refractivity contribution < 1.29 is 14.3 Å². The Kier molecular flexibility index (Phi) is 3.46. The number of carbonyl (C=O) groups excluding carboxylic acids is 1. The van der Waals surface area contributed by atoms with E-state index < -0.39 is 5.97 Å². The lowest BCUT2D eigenvalue weighted by Gasteiger charge is -2.08. The molecule has 2 N–H and O–H groups in total. The SMILES string of the molecule is CCOC(=O)c1cc(OCC2CC2)ncc1N. The molecular formula is C12H16N2O3. The van der Waals surface area contributed by atoms with Crippen LogP contribution in [0.2, 0.25) is 0 Å². The molecule has 0 atom stereocenters. The van der Waals surface area contributed by atoms with Crippen LogP contribution < -0.4 is 10.5 Å². The van der Waals surface area contributed by atoms with Gasteiger partial charge in [-0.1, -0.05) is 0 Å². The maximum absolute atomic E-state index is 11.6. The minimum Gasteiger partial charge on any atom is -0.477 e. The fourth-order valence-electron chi connectivity index (χ4n) is 1.40. The highest BCUT2D eigenvalue weighted by molar-refractivity contribution is 5.95. The number of nitrogen functional groups attached to an aromatic ring is 1. The molecule has 0 aromatic carbocycles. The molecule has 0 aliphatic heterocycles. The molecule has 1 aliphatic carbocycles. The van der Waals surface area contributed by atoms with Gasteiger partial charge >= 0.3 is 5.97 Å². The molecule has 92 valence electrons. The molecule has 0 saturated heterocycles. The first kappa shape index (κ1) is 11.7. The molecule has 1 saturated carbocycles. The highest BCUT2D eigenvalue weighted by atomic mass is 16.5. The molecule has 0 bridgehead atoms. The second-order valence-electron chi connectivity index (χ2n) is 4.08. The van der Waals surface area contributed by atoms with Gasteiger partial charge in [-0.05, 0) is 25.7 Å². The monoisotopic (exact) mass is 236 g/mol. The van der Waals surface area contributed by atoms with Crippen LogP contribution in [0.3, 0.4) is 0 Å². The van der Waals surface area contributed by atoms with Gasteiger partial charge in [-0.2, -0.15) is 0 Å². The number of ether oxygens (including phenoxy) is 2. The summed E-state index contributed by atoms with van der Waals surface area (Å²) >= 11 is 0. The highest BCUT2D eigenvalue weighted by Crippen LogP contribution is 2.29. The van der Waals surface area contributed by atoms with Gasteiger partial charge in [-0.15, -0.1) is 0 Å². The van der Waals surface area contributed by atoms with Crippen LogP contribution in [0, 0.1) is 5.92 Å². The van der Waals surface area contributed by atoms with Gasteiger partial charge in [-0.25, -0.2) is 9.78 Å². The van der Waals surface area contributed by atoms with E-state index >= 15 is 0 Å². The molecule has 1 aromatic heterocycles. The predicted octanol–water partition coefficient (Wildman–Crippen LogP) is 1.63. The molecule has 0 unspecified atom stereocenters. The molecule has 1 heterocycles. The Morgan fingerprint density at radius 3 is 3.00 bits per heavy atom. The Morgan fingerprint density at radius 2 is 2.35 bits per heavy atom. The second-order valence-corrected chi connectivity index (χ2v) is 4.08. The van der Waals surface area contributed by atoms with E-state index in [2.05, 4.69) is 4.98 Å². The van der Waals surface area contributed by atoms with Crippen LogP contribution in [0.25, 0.3) is 0 Å². The third kappa shape index (κ3) is 3.09. The molecule has 0 amide bonds. The highest BCUT2D eigenvalue weighted by Gasteiger charge is 2.22. The van der Waals surface area contributed by atoms with E-state index in [4.69, 9.17) is 15.2 Å². The minimum atomic E-state index is -0.441. The molecular weight excluding hydrogens is 220 g/mol. The summed E-state index contributed by atoms with van der Waals surface area (Å²) in [4.78, 5) is 15.6. The summed E-state index contributed by atoms with van der Waals surface area (Å²) in [5, 5.41) is 0. The Morgan fingerprint density at radius 1 is 1.59 bits per heavy atom. The number of hydrogen-bond donors (Lipinski definition) is 1. The van der Waals surface area contributed by atoms with E-state index in [1.165, 1.54) is 25.1 Å². The standard InChI is InChI=1S/C12H16N2O3/c1-2-16-12(15)9-5-11(14-6-10(9)13)17-7-8-3-4-8/h5-6,8H,2-4,7,13H2,1H3. The van der Waals surface area contributed by atoms with Crippen molar-refractivity contribution in [3.8, 4) is 5.88 Å². The fourth-order valence-corrected chi connectivity index (χ4v) is 1.40. The van der Waals surface area contributed by atoms with Crippen molar-refractivity contribution in [2.75, 3.05) is 18.9 Å². The van der Waals surface area contributed by atoms with Crippen molar-refractivity contribution in [3.63, 3.8) is 0 Å². The molecule has 2 rings (SSSR count). The first-order chi connectivity index (χ1) is 8.20. The number of rotatable bonds is 5. The van der Waals surface area contributed by atoms with Gasteiger partial charge in [0.05, 0.1) is 30.7 Å². The number of carbonyl (C=O) groups is 1. The number of hydrogen-bond acceptors (Lipinski definition) is 5. The van der Waals surface area contributed by atoms with Gasteiger partial charge in [-0.3, -0.25) is 0 Å². The maximum Gasteiger partial charge on any atom is 0.340 e. The zero-order valence-electron chi connectivity index (χ0n) is 9.81. The molecule has 17 heavy (non-hydrogen) atoms. The van der Waals surface area contributed by atoms with Gasteiger partial charge in [0.15, 0.2) is 0 Å². The van der Waals surface area contributed by atoms with Crippen molar-refractivity contribution in [2.45, 2.75) is 19.8 Å². The minimum absolute atomic E-state index is 0.308. The van der Waals surface area contributed by atoms with Gasteiger partial charge < -0.3 is 15.2 Å². The largest absolute Gasteiger partial charge is 0.477 e. The Balaban J connectivity index is 2.07. The number of aromatic nitrogens is 1. The first-order valence-electron chi connectivity index (χ1n) is 5.76. The quantitative estimate of drug-likeness (QED) is 0.786. The van der Waals surface area contributed by atoms with E-state index in [1.807, 2.05) is 0 Å². The Bertz CT molecular complexity index is 416. The molecule has 1 aliphatic rings. The van der Waals surface area contributed by atoms with Gasteiger partial charge in [0.25, 0.3) is 0 Å². The van der Waals surface area contributed by atoms with Crippen molar-refractivity contribution >= 4 is 11.7 Å². The topological polar surface area (TPSA) is 74.4 Å². The van der Waals surface area contributed by atoms with Gasteiger partial charge in [0.2, 0.25) is 5.88 Å². The summed E-state index contributed by atoms with van der Waals surface area (Å²) in [5.74, 6) is 0.623. The van der Waals surface area contributed by atoms with Crippen LogP contribution >= 0.6 is 0 Å². The summed E-state index contributed by atoms with van der Waals surface area (Å²) in [5.41, 5.74) is 6.29. The van der Waals surface area contributed by atoms with E-state index in [9.17, 15) is 4.79 Å². The Hall–Kier alpha value is -1.78. The fraction of sp³-hybridized carbons (Fsp3) is 0.500. The van der Waals surface area contributed by atoms with E-state index in [-0.39, 0.29) is 0 Å². The number of anilines is 1. The second kappa shape index (κ2) is 5.03. The van der Waals surface area contributed by atoms with Crippen LogP contribution in [-0.4, -0.2) is 24.2 Å². The van der Waals surface area contributed by atoms with Crippen LogP contribution in [0.15, 0.2) is 12.3 Å². The molecule has 1 fully saturated rings. The normalized spacial score (nSPS) is 14.4. The summed E-state index contributed by atoms with van der Waals surface area (Å²) in [6.07, 6.45) is 3.84. The molecule has 1 aromatic rings. The average molecular weight is 236 g/mol. The lowest BCUT2D eigenvalue weighted by molar-refractivity contribution is 0.0527. The summed E-state index contributed by atoms with van der Waals surface area (Å²) in [6, 6.07) is 1.54. The first-order valence-corrected chi connectivity index (χ1v) is 5.76. The lowest BCUT2D eigenvalue weighted by atomic mass is 10.2. The van der Waals surface area contributed by atoms with Crippen molar-refractivity contribution in [1.82, 2.24) is 4.98 Å². The van der Waals surface area contributed by atoms with Gasteiger partial charge in [0, 0.05) is 6.07 Å². The van der Waals surface area contributed by atoms with Crippen molar-refractivity contribution in [2.24, 2.45) is 5.92 Å². The smallest absolute Gasteiger partial charge is 0.340 e.